The number of phenols is 1. The summed E-state index contributed by atoms with van der Waals surface area (Å²) in [5.74, 6) is 3.21. The van der Waals surface area contributed by atoms with Gasteiger partial charge in [-0.2, -0.15) is 0 Å². The SMILES string of the molecule is Cc1ccc(O)c(C(c2ccc(C)o2)c2ccc(C)o2)c1. The van der Waals surface area contributed by atoms with Crippen LogP contribution in [0.2, 0.25) is 0 Å². The summed E-state index contributed by atoms with van der Waals surface area (Å²) in [6.45, 7) is 5.81. The van der Waals surface area contributed by atoms with E-state index in [9.17, 15) is 5.11 Å². The van der Waals surface area contributed by atoms with Crippen LogP contribution in [0.15, 0.2) is 51.3 Å². The summed E-state index contributed by atoms with van der Waals surface area (Å²) < 4.78 is 11.6. The molecule has 0 aliphatic carbocycles. The number of aryl methyl sites for hydroxylation is 3. The van der Waals surface area contributed by atoms with Gasteiger partial charge in [0.15, 0.2) is 0 Å². The summed E-state index contributed by atoms with van der Waals surface area (Å²) >= 11 is 0. The first-order valence-corrected chi connectivity index (χ1v) is 6.97. The molecule has 1 aromatic carbocycles. The topological polar surface area (TPSA) is 46.5 Å². The fourth-order valence-corrected chi connectivity index (χ4v) is 2.57. The van der Waals surface area contributed by atoms with Crippen molar-refractivity contribution in [2.45, 2.75) is 26.7 Å². The number of hydrogen-bond donors (Lipinski definition) is 1. The van der Waals surface area contributed by atoms with Crippen molar-refractivity contribution in [3.63, 3.8) is 0 Å². The smallest absolute Gasteiger partial charge is 0.119 e. The summed E-state index contributed by atoms with van der Waals surface area (Å²) in [5, 5.41) is 10.3. The molecule has 0 radical (unpaired) electrons. The number of phenolic OH excluding ortho intramolecular Hbond substituents is 1. The Labute approximate surface area is 123 Å². The summed E-state index contributed by atoms with van der Waals surface area (Å²) in [6, 6.07) is 13.3. The van der Waals surface area contributed by atoms with E-state index < -0.39 is 0 Å². The van der Waals surface area contributed by atoms with Gasteiger partial charge in [-0.25, -0.2) is 0 Å². The van der Waals surface area contributed by atoms with E-state index in [0.29, 0.717) is 0 Å². The summed E-state index contributed by atoms with van der Waals surface area (Å²) in [5.41, 5.74) is 1.87. The molecular weight excluding hydrogens is 264 g/mol. The molecule has 3 rings (SSSR count). The van der Waals surface area contributed by atoms with Crippen LogP contribution in [0.25, 0.3) is 0 Å². The van der Waals surface area contributed by atoms with E-state index in [1.807, 2.05) is 57.2 Å². The molecule has 3 aromatic rings. The number of furan rings is 2. The number of aromatic hydroxyl groups is 1. The first-order chi connectivity index (χ1) is 10.0. The summed E-state index contributed by atoms with van der Waals surface area (Å²) in [4.78, 5) is 0. The van der Waals surface area contributed by atoms with Crippen LogP contribution in [-0.2, 0) is 0 Å². The Morgan fingerprint density at radius 3 is 1.86 bits per heavy atom. The van der Waals surface area contributed by atoms with E-state index >= 15 is 0 Å². The molecule has 21 heavy (non-hydrogen) atoms. The zero-order valence-corrected chi connectivity index (χ0v) is 12.4. The van der Waals surface area contributed by atoms with Crippen molar-refractivity contribution >= 4 is 0 Å². The zero-order chi connectivity index (χ0) is 15.0. The molecule has 0 saturated heterocycles. The van der Waals surface area contributed by atoms with Crippen LogP contribution < -0.4 is 0 Å². The molecule has 2 heterocycles. The molecule has 3 heteroatoms. The van der Waals surface area contributed by atoms with Gasteiger partial charge in [0.2, 0.25) is 0 Å². The fraction of sp³-hybridized carbons (Fsp3) is 0.222. The summed E-state index contributed by atoms with van der Waals surface area (Å²) in [7, 11) is 0. The predicted molar refractivity (Wildman–Crippen MR) is 80.7 cm³/mol. The van der Waals surface area contributed by atoms with E-state index in [1.165, 1.54) is 0 Å². The van der Waals surface area contributed by atoms with Crippen molar-refractivity contribution in [1.29, 1.82) is 0 Å². The maximum Gasteiger partial charge on any atom is 0.119 e. The first kappa shape index (κ1) is 13.6. The number of benzene rings is 1. The van der Waals surface area contributed by atoms with Gasteiger partial charge in [-0.05, 0) is 51.1 Å². The van der Waals surface area contributed by atoms with Gasteiger partial charge in [0, 0.05) is 5.56 Å². The Morgan fingerprint density at radius 1 is 0.810 bits per heavy atom. The Morgan fingerprint density at radius 2 is 1.38 bits per heavy atom. The second-order valence-corrected chi connectivity index (χ2v) is 5.39. The third-order valence-electron chi connectivity index (χ3n) is 3.59. The molecule has 0 atom stereocenters. The van der Waals surface area contributed by atoms with Crippen LogP contribution in [0.3, 0.4) is 0 Å². The average molecular weight is 282 g/mol. The minimum atomic E-state index is -0.243. The van der Waals surface area contributed by atoms with Gasteiger partial charge < -0.3 is 13.9 Å². The second kappa shape index (κ2) is 5.17. The van der Waals surface area contributed by atoms with E-state index in [0.717, 1.165) is 34.2 Å². The standard InChI is InChI=1S/C18H18O3/c1-11-4-7-15(19)14(10-11)18(16-8-5-12(2)20-16)17-9-6-13(3)21-17/h4-10,18-19H,1-3H3. The Bertz CT molecular complexity index is 724. The lowest BCUT2D eigenvalue weighted by atomic mass is 9.92. The molecule has 0 spiro atoms. The highest BCUT2D eigenvalue weighted by Crippen LogP contribution is 2.38. The molecule has 0 fully saturated rings. The molecule has 0 aliphatic rings. The normalized spacial score (nSPS) is 11.2. The third kappa shape index (κ3) is 2.59. The second-order valence-electron chi connectivity index (χ2n) is 5.39. The minimum Gasteiger partial charge on any atom is -0.508 e. The monoisotopic (exact) mass is 282 g/mol. The molecule has 0 saturated carbocycles. The Hall–Kier alpha value is -2.42. The number of hydrogen-bond acceptors (Lipinski definition) is 3. The van der Waals surface area contributed by atoms with Crippen molar-refractivity contribution in [1.82, 2.24) is 0 Å². The molecule has 108 valence electrons. The maximum atomic E-state index is 10.3. The van der Waals surface area contributed by atoms with Crippen LogP contribution in [-0.4, -0.2) is 5.11 Å². The molecule has 1 N–H and O–H groups in total. The van der Waals surface area contributed by atoms with Crippen LogP contribution in [0.4, 0.5) is 0 Å². The van der Waals surface area contributed by atoms with Crippen LogP contribution >= 0.6 is 0 Å². The molecule has 3 nitrogen and oxygen atoms in total. The first-order valence-electron chi connectivity index (χ1n) is 6.97. The minimum absolute atomic E-state index is 0.243. The Balaban J connectivity index is 2.18. The van der Waals surface area contributed by atoms with E-state index in [1.54, 1.807) is 6.07 Å². The predicted octanol–water partition coefficient (Wildman–Crippen LogP) is 4.68. The van der Waals surface area contributed by atoms with Crippen molar-refractivity contribution in [3.05, 3.63) is 76.6 Å². The van der Waals surface area contributed by atoms with Crippen molar-refractivity contribution in [2.24, 2.45) is 0 Å². The van der Waals surface area contributed by atoms with Gasteiger partial charge in [-0.3, -0.25) is 0 Å². The fourth-order valence-electron chi connectivity index (χ4n) is 2.57. The zero-order valence-electron chi connectivity index (χ0n) is 12.4. The van der Waals surface area contributed by atoms with Crippen LogP contribution in [0.1, 0.15) is 40.1 Å². The number of rotatable bonds is 3. The highest BCUT2D eigenvalue weighted by atomic mass is 16.4. The van der Waals surface area contributed by atoms with Crippen LogP contribution in [0.5, 0.6) is 5.75 Å². The van der Waals surface area contributed by atoms with Gasteiger partial charge in [0.05, 0.1) is 0 Å². The van der Waals surface area contributed by atoms with Gasteiger partial charge >= 0.3 is 0 Å². The maximum absolute atomic E-state index is 10.3. The van der Waals surface area contributed by atoms with E-state index in [2.05, 4.69) is 0 Å². The lowest BCUT2D eigenvalue weighted by Gasteiger charge is -2.15. The van der Waals surface area contributed by atoms with Crippen molar-refractivity contribution in [3.8, 4) is 5.75 Å². The quantitative estimate of drug-likeness (QED) is 0.758. The summed E-state index contributed by atoms with van der Waals surface area (Å²) in [6.07, 6.45) is 0. The highest BCUT2D eigenvalue weighted by Gasteiger charge is 2.25. The van der Waals surface area contributed by atoms with Gasteiger partial charge in [0.25, 0.3) is 0 Å². The molecule has 0 unspecified atom stereocenters. The largest absolute Gasteiger partial charge is 0.508 e. The van der Waals surface area contributed by atoms with Gasteiger partial charge in [-0.15, -0.1) is 0 Å². The average Bonchev–Trinajstić information content (AvgIpc) is 3.04. The Kier molecular flexibility index (Phi) is 3.34. The molecule has 0 aliphatic heterocycles. The van der Waals surface area contributed by atoms with Gasteiger partial charge in [0.1, 0.15) is 34.7 Å². The van der Waals surface area contributed by atoms with E-state index in [-0.39, 0.29) is 11.7 Å². The molecular formula is C18H18O3. The van der Waals surface area contributed by atoms with Gasteiger partial charge in [-0.1, -0.05) is 17.7 Å². The third-order valence-corrected chi connectivity index (χ3v) is 3.59. The van der Waals surface area contributed by atoms with Crippen molar-refractivity contribution < 1.29 is 13.9 Å². The highest BCUT2D eigenvalue weighted by molar-refractivity contribution is 5.46. The molecule has 0 bridgehead atoms. The lowest BCUT2D eigenvalue weighted by molar-refractivity contribution is 0.414. The molecule has 2 aromatic heterocycles. The molecule has 0 amide bonds. The van der Waals surface area contributed by atoms with Crippen LogP contribution in [0, 0.1) is 20.8 Å². The lowest BCUT2D eigenvalue weighted by Crippen LogP contribution is -2.02. The van der Waals surface area contributed by atoms with E-state index in [4.69, 9.17) is 8.83 Å². The van der Waals surface area contributed by atoms with Crippen molar-refractivity contribution in [2.75, 3.05) is 0 Å².